The minimum absolute atomic E-state index is 0.214. The molecule has 0 fully saturated rings. The first-order chi connectivity index (χ1) is 19.6. The van der Waals surface area contributed by atoms with Gasteiger partial charge >= 0.3 is 0 Å². The Balaban J connectivity index is 1.41. The van der Waals surface area contributed by atoms with Gasteiger partial charge in [0.2, 0.25) is 5.60 Å². The van der Waals surface area contributed by atoms with Crippen LogP contribution in [-0.4, -0.2) is 35.7 Å². The molecule has 0 saturated carbocycles. The fourth-order valence-corrected chi connectivity index (χ4v) is 4.94. The Bertz CT molecular complexity index is 1800. The number of carbonyl (C=O) groups excluding carboxylic acids is 1. The quantitative estimate of drug-likeness (QED) is 0.299. The lowest BCUT2D eigenvalue weighted by Crippen LogP contribution is -2.43. The van der Waals surface area contributed by atoms with Gasteiger partial charge in [-0.3, -0.25) is 9.78 Å². The Morgan fingerprint density at radius 3 is 2.42 bits per heavy atom. The fraction of sp³-hybridized carbons (Fsp3) is 0.0938. The first kappa shape index (κ1) is 25.1. The predicted octanol–water partition coefficient (Wildman–Crippen LogP) is 5.12. The van der Waals surface area contributed by atoms with Crippen molar-refractivity contribution >= 4 is 22.5 Å². The molecule has 0 aliphatic rings. The molecule has 1 unspecified atom stereocenters. The summed E-state index contributed by atoms with van der Waals surface area (Å²) in [7, 11) is 0. The zero-order valence-corrected chi connectivity index (χ0v) is 21.8. The Morgan fingerprint density at radius 2 is 1.62 bits per heavy atom. The smallest absolute Gasteiger partial charge is 0.269 e. The van der Waals surface area contributed by atoms with Crippen LogP contribution in [0.1, 0.15) is 22.5 Å². The van der Waals surface area contributed by atoms with Crippen molar-refractivity contribution in [3.8, 4) is 11.1 Å². The molecule has 196 valence electrons. The maximum Gasteiger partial charge on any atom is 0.269 e. The third kappa shape index (κ3) is 4.50. The fourth-order valence-electron chi connectivity index (χ4n) is 4.94. The zero-order chi connectivity index (χ0) is 27.5. The average Bonchev–Trinajstić information content (AvgIpc) is 3.47. The van der Waals surface area contributed by atoms with Crippen molar-refractivity contribution in [1.82, 2.24) is 24.7 Å². The number of hydrogen-bond donors (Lipinski definition) is 2. The number of pyridine rings is 1. The molecule has 0 aliphatic carbocycles. The molecule has 1 atom stereocenters. The summed E-state index contributed by atoms with van der Waals surface area (Å²) in [6.45, 7) is 2.34. The minimum atomic E-state index is -2.08. The van der Waals surface area contributed by atoms with Gasteiger partial charge in [-0.25, -0.2) is 4.98 Å². The van der Waals surface area contributed by atoms with Gasteiger partial charge in [-0.1, -0.05) is 78.9 Å². The number of aliphatic hydroxyl groups is 1. The second kappa shape index (κ2) is 10.5. The van der Waals surface area contributed by atoms with Gasteiger partial charge in [0.25, 0.3) is 5.91 Å². The van der Waals surface area contributed by atoms with Gasteiger partial charge < -0.3 is 15.0 Å². The minimum Gasteiger partial charge on any atom is -0.369 e. The maximum atomic E-state index is 14.1. The van der Waals surface area contributed by atoms with Crippen molar-refractivity contribution in [2.75, 3.05) is 5.32 Å². The molecule has 1 amide bonds. The van der Waals surface area contributed by atoms with E-state index in [2.05, 4.69) is 25.5 Å². The summed E-state index contributed by atoms with van der Waals surface area (Å²) < 4.78 is 1.79. The molecule has 3 heterocycles. The number of hydrogen-bond acceptors (Lipinski definition) is 6. The molecule has 3 aromatic heterocycles. The number of anilines is 1. The third-order valence-electron chi connectivity index (χ3n) is 7.06. The van der Waals surface area contributed by atoms with Gasteiger partial charge in [0.05, 0.1) is 23.6 Å². The van der Waals surface area contributed by atoms with Crippen LogP contribution in [0.15, 0.2) is 116 Å². The van der Waals surface area contributed by atoms with Crippen molar-refractivity contribution in [2.24, 2.45) is 0 Å². The van der Waals surface area contributed by atoms with Crippen LogP contribution in [0.25, 0.3) is 22.0 Å². The molecule has 0 aliphatic heterocycles. The molecule has 2 N–H and O–H groups in total. The highest BCUT2D eigenvalue weighted by molar-refractivity contribution is 6.02. The summed E-state index contributed by atoms with van der Waals surface area (Å²) in [6, 6.07) is 26.4. The van der Waals surface area contributed by atoms with E-state index in [-0.39, 0.29) is 5.82 Å². The lowest BCUT2D eigenvalue weighted by Gasteiger charge is -2.28. The first-order valence-corrected chi connectivity index (χ1v) is 12.9. The number of nitrogens with zero attached hydrogens (tertiary/aromatic N) is 5. The van der Waals surface area contributed by atoms with Crippen LogP contribution in [0.2, 0.25) is 0 Å². The van der Waals surface area contributed by atoms with Crippen molar-refractivity contribution in [1.29, 1.82) is 0 Å². The number of imidazole rings is 1. The maximum absolute atomic E-state index is 14.1. The van der Waals surface area contributed by atoms with Gasteiger partial charge in [0.1, 0.15) is 0 Å². The van der Waals surface area contributed by atoms with E-state index >= 15 is 0 Å². The molecular weight excluding hydrogens is 500 g/mol. The zero-order valence-electron chi connectivity index (χ0n) is 21.8. The Hall–Kier alpha value is -5.21. The van der Waals surface area contributed by atoms with Crippen molar-refractivity contribution in [3.63, 3.8) is 0 Å². The van der Waals surface area contributed by atoms with E-state index in [1.54, 1.807) is 59.8 Å². The highest BCUT2D eigenvalue weighted by atomic mass is 16.3. The van der Waals surface area contributed by atoms with Crippen LogP contribution >= 0.6 is 0 Å². The van der Waals surface area contributed by atoms with Crippen molar-refractivity contribution in [3.05, 3.63) is 138 Å². The van der Waals surface area contributed by atoms with E-state index < -0.39 is 11.5 Å². The van der Waals surface area contributed by atoms with Gasteiger partial charge in [-0.2, -0.15) is 10.2 Å². The molecule has 0 spiro atoms. The van der Waals surface area contributed by atoms with Crippen LogP contribution in [0.3, 0.4) is 0 Å². The normalized spacial score (nSPS) is 12.7. The molecule has 0 bridgehead atoms. The van der Waals surface area contributed by atoms with E-state index in [0.717, 1.165) is 33.2 Å². The molecular formula is C32H26N6O2. The van der Waals surface area contributed by atoms with E-state index in [4.69, 9.17) is 0 Å². The van der Waals surface area contributed by atoms with Crippen LogP contribution in [-0.2, 0) is 16.9 Å². The topological polar surface area (TPSA) is 106 Å². The summed E-state index contributed by atoms with van der Waals surface area (Å²) in [5, 5.41) is 24.5. The monoisotopic (exact) mass is 526 g/mol. The van der Waals surface area contributed by atoms with E-state index in [9.17, 15) is 9.90 Å². The summed E-state index contributed by atoms with van der Waals surface area (Å²) in [5.74, 6) is -0.426. The SMILES string of the molecule is Cc1c(NC(=O)C(O)(c2ccccc2)c2nccn2Cc2ccccc2)cncc1-c1cnnc2ccccc12. The Labute approximate surface area is 231 Å². The van der Waals surface area contributed by atoms with Gasteiger partial charge in [-0.05, 0) is 24.1 Å². The molecule has 3 aromatic carbocycles. The number of fused-ring (bicyclic) bond motifs is 1. The van der Waals surface area contributed by atoms with Crippen LogP contribution in [0.4, 0.5) is 5.69 Å². The summed E-state index contributed by atoms with van der Waals surface area (Å²) in [6.07, 6.45) is 8.37. The van der Waals surface area contributed by atoms with E-state index in [0.29, 0.717) is 17.8 Å². The van der Waals surface area contributed by atoms with Crippen LogP contribution in [0.5, 0.6) is 0 Å². The van der Waals surface area contributed by atoms with Gasteiger partial charge in [0.15, 0.2) is 5.82 Å². The summed E-state index contributed by atoms with van der Waals surface area (Å²) in [5.41, 5.74) is 3.01. The number of benzene rings is 3. The molecule has 0 radical (unpaired) electrons. The molecule has 40 heavy (non-hydrogen) atoms. The third-order valence-corrected chi connectivity index (χ3v) is 7.06. The van der Waals surface area contributed by atoms with Crippen molar-refractivity contribution < 1.29 is 9.90 Å². The molecule has 8 heteroatoms. The number of aromatic nitrogens is 5. The number of nitrogens with one attached hydrogen (secondary N) is 1. The van der Waals surface area contributed by atoms with Crippen LogP contribution in [0, 0.1) is 6.92 Å². The van der Waals surface area contributed by atoms with E-state index in [1.807, 2.05) is 67.6 Å². The number of rotatable bonds is 7. The van der Waals surface area contributed by atoms with Gasteiger partial charge in [-0.15, -0.1) is 0 Å². The highest BCUT2D eigenvalue weighted by Gasteiger charge is 2.44. The lowest BCUT2D eigenvalue weighted by molar-refractivity contribution is -0.131. The first-order valence-electron chi connectivity index (χ1n) is 12.9. The molecule has 6 aromatic rings. The number of carbonyl (C=O) groups is 1. The summed E-state index contributed by atoms with van der Waals surface area (Å²) in [4.78, 5) is 23.0. The second-order valence-electron chi connectivity index (χ2n) is 9.53. The van der Waals surface area contributed by atoms with Gasteiger partial charge in [0, 0.05) is 47.2 Å². The van der Waals surface area contributed by atoms with E-state index in [1.165, 1.54) is 0 Å². The Kier molecular flexibility index (Phi) is 6.59. The van der Waals surface area contributed by atoms with Crippen molar-refractivity contribution in [2.45, 2.75) is 19.1 Å². The number of amides is 1. The summed E-state index contributed by atoms with van der Waals surface area (Å²) >= 11 is 0. The highest BCUT2D eigenvalue weighted by Crippen LogP contribution is 2.34. The van der Waals surface area contributed by atoms with Crippen LogP contribution < -0.4 is 5.32 Å². The second-order valence-corrected chi connectivity index (χ2v) is 9.53. The lowest BCUT2D eigenvalue weighted by atomic mass is 9.91. The average molecular weight is 527 g/mol. The molecule has 6 rings (SSSR count). The standard InChI is InChI=1S/C32H26N6O2/c1-22-26(27-19-35-37-28-15-9-8-14-25(27)28)18-33-20-29(22)36-31(39)32(40,24-12-6-3-7-13-24)30-34-16-17-38(30)21-23-10-4-2-5-11-23/h2-20,40H,21H2,1H3,(H,36,39). The predicted molar refractivity (Wildman–Crippen MR) is 153 cm³/mol. The largest absolute Gasteiger partial charge is 0.369 e. The molecule has 8 nitrogen and oxygen atoms in total. The Morgan fingerprint density at radius 1 is 0.900 bits per heavy atom. The molecule has 0 saturated heterocycles.